The summed E-state index contributed by atoms with van der Waals surface area (Å²) in [7, 11) is 0. The van der Waals surface area contributed by atoms with Crippen molar-refractivity contribution < 1.29 is 0 Å². The molecule has 0 saturated carbocycles. The smallest absolute Gasteiger partial charge is 0.0394 e. The van der Waals surface area contributed by atoms with Gasteiger partial charge in [0.1, 0.15) is 0 Å². The molecule has 1 aliphatic rings. The van der Waals surface area contributed by atoms with Crippen molar-refractivity contribution in [3.63, 3.8) is 0 Å². The lowest BCUT2D eigenvalue weighted by molar-refractivity contribution is 0.158. The van der Waals surface area contributed by atoms with Gasteiger partial charge in [0.15, 0.2) is 0 Å². The maximum Gasteiger partial charge on any atom is 0.0394 e. The maximum absolute atomic E-state index is 3.29. The van der Waals surface area contributed by atoms with Crippen LogP contribution in [0.25, 0.3) is 0 Å². The van der Waals surface area contributed by atoms with Gasteiger partial charge in [-0.3, -0.25) is 4.90 Å². The lowest BCUT2D eigenvalue weighted by Gasteiger charge is -2.38. The summed E-state index contributed by atoms with van der Waals surface area (Å²) in [4.78, 5) is 2.39. The zero-order valence-electron chi connectivity index (χ0n) is 7.15. The van der Waals surface area contributed by atoms with E-state index in [-0.39, 0.29) is 0 Å². The fraction of sp³-hybridized carbons (Fsp3) is 0.875. The van der Waals surface area contributed by atoms with Crippen LogP contribution in [-0.2, 0) is 0 Å². The van der Waals surface area contributed by atoms with Gasteiger partial charge in [-0.05, 0) is 20.8 Å². The van der Waals surface area contributed by atoms with Gasteiger partial charge in [0.05, 0.1) is 0 Å². The van der Waals surface area contributed by atoms with Crippen LogP contribution in [-0.4, -0.2) is 30.1 Å². The number of rotatable bonds is 0. The summed E-state index contributed by atoms with van der Waals surface area (Å²) in [6, 6.07) is 0. The van der Waals surface area contributed by atoms with E-state index in [1.54, 1.807) is 0 Å². The number of hydrogen-bond acceptors (Lipinski definition) is 2. The maximum atomic E-state index is 3.29. The molecular formula is C8H17N2. The van der Waals surface area contributed by atoms with E-state index < -0.39 is 0 Å². The zero-order valence-corrected chi connectivity index (χ0v) is 7.15. The standard InChI is InChI=1S/C8H17N2/c1-8(2,3)10-6-4-9-5-7-10/h6,9H,4-5,7H2,1-3H3. The monoisotopic (exact) mass is 141 g/mol. The molecule has 0 aromatic carbocycles. The minimum absolute atomic E-state index is 0.308. The molecule has 1 rings (SSSR count). The molecule has 1 heterocycles. The Morgan fingerprint density at radius 1 is 1.40 bits per heavy atom. The van der Waals surface area contributed by atoms with E-state index in [0.29, 0.717) is 5.54 Å². The number of piperazine rings is 1. The summed E-state index contributed by atoms with van der Waals surface area (Å²) in [6.07, 6.45) is 0. The molecule has 2 nitrogen and oxygen atoms in total. The van der Waals surface area contributed by atoms with Gasteiger partial charge in [-0.25, -0.2) is 0 Å². The molecule has 59 valence electrons. The van der Waals surface area contributed by atoms with E-state index in [0.717, 1.165) is 19.6 Å². The Hall–Kier alpha value is -0.0800. The molecule has 1 fully saturated rings. The Morgan fingerprint density at radius 2 is 2.10 bits per heavy atom. The van der Waals surface area contributed by atoms with Crippen molar-refractivity contribution in [1.29, 1.82) is 0 Å². The van der Waals surface area contributed by atoms with E-state index in [9.17, 15) is 0 Å². The van der Waals surface area contributed by atoms with Crippen molar-refractivity contribution in [3.8, 4) is 0 Å². The summed E-state index contributed by atoms with van der Waals surface area (Å²) in [6.45, 7) is 12.3. The lowest BCUT2D eigenvalue weighted by atomic mass is 10.1. The normalized spacial score (nSPS) is 23.1. The van der Waals surface area contributed by atoms with Gasteiger partial charge in [-0.1, -0.05) is 0 Å². The van der Waals surface area contributed by atoms with Crippen molar-refractivity contribution in [2.75, 3.05) is 19.6 Å². The van der Waals surface area contributed by atoms with Crippen LogP contribution in [0.5, 0.6) is 0 Å². The van der Waals surface area contributed by atoms with Crippen LogP contribution in [0.4, 0.5) is 0 Å². The second kappa shape index (κ2) is 2.89. The molecule has 1 N–H and O–H groups in total. The quantitative estimate of drug-likeness (QED) is 0.538. The van der Waals surface area contributed by atoms with Gasteiger partial charge in [0.25, 0.3) is 0 Å². The SMILES string of the molecule is CC(C)(C)N1[CH]CNCC1. The van der Waals surface area contributed by atoms with Crippen molar-refractivity contribution in [1.82, 2.24) is 10.2 Å². The van der Waals surface area contributed by atoms with Crippen LogP contribution in [0.1, 0.15) is 20.8 Å². The highest BCUT2D eigenvalue weighted by molar-refractivity contribution is 4.86. The largest absolute Gasteiger partial charge is 0.314 e. The summed E-state index contributed by atoms with van der Waals surface area (Å²) >= 11 is 0. The molecule has 0 aromatic rings. The minimum atomic E-state index is 0.308. The first kappa shape index (κ1) is 8.02. The third-order valence-corrected chi connectivity index (χ3v) is 1.85. The van der Waals surface area contributed by atoms with E-state index in [4.69, 9.17) is 0 Å². The molecule has 1 aliphatic heterocycles. The van der Waals surface area contributed by atoms with Crippen LogP contribution in [0.2, 0.25) is 0 Å². The van der Waals surface area contributed by atoms with Gasteiger partial charge in [0, 0.05) is 31.7 Å². The summed E-state index contributed by atoms with van der Waals surface area (Å²) < 4.78 is 0. The molecule has 0 unspecified atom stereocenters. The Morgan fingerprint density at radius 3 is 2.40 bits per heavy atom. The number of nitrogens with one attached hydrogen (secondary N) is 1. The first-order valence-corrected chi connectivity index (χ1v) is 3.91. The van der Waals surface area contributed by atoms with E-state index in [1.807, 2.05) is 0 Å². The molecular weight excluding hydrogens is 124 g/mol. The molecule has 0 spiro atoms. The molecule has 0 aliphatic carbocycles. The minimum Gasteiger partial charge on any atom is -0.314 e. The molecule has 0 amide bonds. The van der Waals surface area contributed by atoms with Crippen molar-refractivity contribution in [3.05, 3.63) is 6.54 Å². The highest BCUT2D eigenvalue weighted by Crippen LogP contribution is 2.14. The van der Waals surface area contributed by atoms with Crippen LogP contribution in [0, 0.1) is 6.54 Å². The lowest BCUT2D eigenvalue weighted by Crippen LogP contribution is -2.48. The fourth-order valence-corrected chi connectivity index (χ4v) is 1.18. The summed E-state index contributed by atoms with van der Waals surface area (Å²) in [5.74, 6) is 0. The molecule has 2 heteroatoms. The number of hydrogen-bond donors (Lipinski definition) is 1. The van der Waals surface area contributed by atoms with Gasteiger partial charge in [-0.15, -0.1) is 0 Å². The molecule has 0 atom stereocenters. The molecule has 0 bridgehead atoms. The van der Waals surface area contributed by atoms with Crippen molar-refractivity contribution in [2.45, 2.75) is 26.3 Å². The van der Waals surface area contributed by atoms with Crippen LogP contribution in [0.3, 0.4) is 0 Å². The van der Waals surface area contributed by atoms with Crippen molar-refractivity contribution >= 4 is 0 Å². The zero-order chi connectivity index (χ0) is 7.61. The average molecular weight is 141 g/mol. The molecule has 1 saturated heterocycles. The van der Waals surface area contributed by atoms with Crippen molar-refractivity contribution in [2.24, 2.45) is 0 Å². The fourth-order valence-electron chi connectivity index (χ4n) is 1.18. The van der Waals surface area contributed by atoms with Crippen LogP contribution >= 0.6 is 0 Å². The highest BCUT2D eigenvalue weighted by Gasteiger charge is 2.22. The van der Waals surface area contributed by atoms with Gasteiger partial charge in [0.2, 0.25) is 0 Å². The van der Waals surface area contributed by atoms with E-state index >= 15 is 0 Å². The van der Waals surface area contributed by atoms with E-state index in [2.05, 4.69) is 37.5 Å². The summed E-state index contributed by atoms with van der Waals surface area (Å²) in [5.41, 5.74) is 0.308. The first-order chi connectivity index (χ1) is 4.61. The Kier molecular flexibility index (Phi) is 2.32. The third-order valence-electron chi connectivity index (χ3n) is 1.85. The predicted octanol–water partition coefficient (Wildman–Crippen LogP) is 0.852. The number of nitrogens with zero attached hydrogens (tertiary/aromatic N) is 1. The van der Waals surface area contributed by atoms with E-state index in [1.165, 1.54) is 0 Å². The molecule has 0 aromatic heterocycles. The highest BCUT2D eigenvalue weighted by atomic mass is 15.2. The van der Waals surface area contributed by atoms with Crippen LogP contribution < -0.4 is 5.32 Å². The van der Waals surface area contributed by atoms with Gasteiger partial charge in [-0.2, -0.15) is 0 Å². The predicted molar refractivity (Wildman–Crippen MR) is 43.6 cm³/mol. The first-order valence-electron chi connectivity index (χ1n) is 3.91. The van der Waals surface area contributed by atoms with Gasteiger partial charge < -0.3 is 5.32 Å². The molecule has 1 radical (unpaired) electrons. The third kappa shape index (κ3) is 1.96. The Bertz CT molecular complexity index is 98.3. The Labute approximate surface area is 63.6 Å². The summed E-state index contributed by atoms with van der Waals surface area (Å²) in [5, 5.41) is 3.29. The van der Waals surface area contributed by atoms with Gasteiger partial charge >= 0.3 is 0 Å². The second-order valence-electron chi connectivity index (χ2n) is 3.75. The molecule has 10 heavy (non-hydrogen) atoms. The average Bonchev–Trinajstić information content (AvgIpc) is 1.88. The van der Waals surface area contributed by atoms with Crippen LogP contribution in [0.15, 0.2) is 0 Å². The Balaban J connectivity index is 2.39. The topological polar surface area (TPSA) is 15.3 Å². The second-order valence-corrected chi connectivity index (χ2v) is 3.75.